The normalized spacial score (nSPS) is 31.4. The van der Waals surface area contributed by atoms with Gasteiger partial charge in [-0.15, -0.1) is 0 Å². The number of amides is 2. The molecule has 2 N–H and O–H groups in total. The lowest BCUT2D eigenvalue weighted by Gasteiger charge is -2.39. The van der Waals surface area contributed by atoms with Gasteiger partial charge in [-0.05, 0) is 68.1 Å². The summed E-state index contributed by atoms with van der Waals surface area (Å²) in [4.78, 5) is 27.1. The average Bonchev–Trinajstić information content (AvgIpc) is 3.12. The fourth-order valence-electron chi connectivity index (χ4n) is 6.37. The van der Waals surface area contributed by atoms with Crippen LogP contribution in [-0.2, 0) is 17.8 Å². The van der Waals surface area contributed by atoms with Gasteiger partial charge >= 0.3 is 0 Å². The van der Waals surface area contributed by atoms with Crippen molar-refractivity contribution < 1.29 is 18.4 Å². The van der Waals surface area contributed by atoms with Crippen molar-refractivity contribution in [2.45, 2.75) is 101 Å². The molecule has 0 bridgehead atoms. The quantitative estimate of drug-likeness (QED) is 0.654. The molecule has 4 aliphatic rings. The SMILES string of the molecule is C=C1CCC(N2Cc3cc(C[C@H]4CCCC[C@@H]4NC4CCCCC4(F)F)ccc3C2=O)C(=O)N1. The number of nitrogens with one attached hydrogen (secondary N) is 2. The first-order valence-corrected chi connectivity index (χ1v) is 12.9. The lowest BCUT2D eigenvalue weighted by Crippen LogP contribution is -2.53. The number of fused-ring (bicyclic) bond motifs is 1. The molecule has 2 aliphatic carbocycles. The van der Waals surface area contributed by atoms with Crippen LogP contribution in [0.5, 0.6) is 0 Å². The zero-order valence-corrected chi connectivity index (χ0v) is 19.8. The Morgan fingerprint density at radius 2 is 1.88 bits per heavy atom. The molecule has 2 heterocycles. The lowest BCUT2D eigenvalue weighted by molar-refractivity contribution is -0.126. The molecule has 184 valence electrons. The van der Waals surface area contributed by atoms with Gasteiger partial charge in [-0.2, -0.15) is 0 Å². The smallest absolute Gasteiger partial charge is 0.263 e. The monoisotopic (exact) mass is 471 g/mol. The Balaban J connectivity index is 1.27. The van der Waals surface area contributed by atoms with Gasteiger partial charge in [-0.25, -0.2) is 8.78 Å². The summed E-state index contributed by atoms with van der Waals surface area (Å²) in [6.45, 7) is 4.26. The van der Waals surface area contributed by atoms with Crippen molar-refractivity contribution in [2.75, 3.05) is 0 Å². The fraction of sp³-hybridized carbons (Fsp3) is 0.630. The number of piperidine rings is 1. The molecule has 2 amide bonds. The maximum Gasteiger partial charge on any atom is 0.263 e. The van der Waals surface area contributed by atoms with Crippen LogP contribution in [0.3, 0.4) is 0 Å². The van der Waals surface area contributed by atoms with Gasteiger partial charge in [0.2, 0.25) is 5.91 Å². The zero-order valence-electron chi connectivity index (χ0n) is 19.8. The van der Waals surface area contributed by atoms with Crippen molar-refractivity contribution in [1.82, 2.24) is 15.5 Å². The van der Waals surface area contributed by atoms with Crippen LogP contribution >= 0.6 is 0 Å². The van der Waals surface area contributed by atoms with Crippen LogP contribution in [0.2, 0.25) is 0 Å². The van der Waals surface area contributed by atoms with Crippen molar-refractivity contribution in [3.63, 3.8) is 0 Å². The molecule has 0 radical (unpaired) electrons. The minimum Gasteiger partial charge on any atom is -0.329 e. The second-order valence-corrected chi connectivity index (χ2v) is 10.7. The highest BCUT2D eigenvalue weighted by Gasteiger charge is 2.43. The number of carbonyl (C=O) groups excluding carboxylic acids is 2. The number of alkyl halides is 2. The molecule has 4 atom stereocenters. The molecule has 0 spiro atoms. The Bertz CT molecular complexity index is 979. The lowest BCUT2D eigenvalue weighted by atomic mass is 9.79. The summed E-state index contributed by atoms with van der Waals surface area (Å²) in [5.41, 5.74) is 3.47. The Hall–Kier alpha value is -2.28. The van der Waals surface area contributed by atoms with E-state index in [1.165, 1.54) is 0 Å². The van der Waals surface area contributed by atoms with Crippen LogP contribution in [0, 0.1) is 5.92 Å². The highest BCUT2D eigenvalue weighted by atomic mass is 19.3. The van der Waals surface area contributed by atoms with Gasteiger partial charge in [0.1, 0.15) is 6.04 Å². The minimum absolute atomic E-state index is 0.00939. The topological polar surface area (TPSA) is 61.4 Å². The van der Waals surface area contributed by atoms with E-state index in [9.17, 15) is 18.4 Å². The summed E-state index contributed by atoms with van der Waals surface area (Å²) in [6, 6.07) is 4.91. The van der Waals surface area contributed by atoms with Gasteiger partial charge in [0, 0.05) is 30.3 Å². The zero-order chi connectivity index (χ0) is 23.9. The molecule has 0 aromatic heterocycles. The van der Waals surface area contributed by atoms with E-state index in [4.69, 9.17) is 0 Å². The van der Waals surface area contributed by atoms with Crippen LogP contribution in [-0.4, -0.2) is 40.8 Å². The van der Waals surface area contributed by atoms with Crippen molar-refractivity contribution >= 4 is 11.8 Å². The van der Waals surface area contributed by atoms with Gasteiger partial charge in [0.05, 0.1) is 6.04 Å². The van der Waals surface area contributed by atoms with Crippen molar-refractivity contribution in [3.05, 3.63) is 47.2 Å². The summed E-state index contributed by atoms with van der Waals surface area (Å²) < 4.78 is 28.9. The first-order valence-electron chi connectivity index (χ1n) is 12.9. The Kier molecular flexibility index (Phi) is 6.49. The van der Waals surface area contributed by atoms with Crippen molar-refractivity contribution in [1.29, 1.82) is 0 Å². The highest BCUT2D eigenvalue weighted by Crippen LogP contribution is 2.37. The van der Waals surface area contributed by atoms with Crippen LogP contribution < -0.4 is 10.6 Å². The largest absolute Gasteiger partial charge is 0.329 e. The molecule has 1 saturated heterocycles. The third-order valence-corrected chi connectivity index (χ3v) is 8.28. The summed E-state index contributed by atoms with van der Waals surface area (Å²) in [5, 5.41) is 6.15. The van der Waals surface area contributed by atoms with E-state index in [2.05, 4.69) is 23.3 Å². The molecule has 2 aliphatic heterocycles. The van der Waals surface area contributed by atoms with E-state index in [-0.39, 0.29) is 24.3 Å². The molecule has 5 rings (SSSR count). The Labute approximate surface area is 200 Å². The highest BCUT2D eigenvalue weighted by molar-refractivity contribution is 6.01. The number of halogens is 2. The molecule has 2 saturated carbocycles. The number of rotatable bonds is 5. The van der Waals surface area contributed by atoms with Gasteiger partial charge in [0.25, 0.3) is 11.8 Å². The average molecular weight is 472 g/mol. The third-order valence-electron chi connectivity index (χ3n) is 8.28. The van der Waals surface area contributed by atoms with Crippen LogP contribution in [0.15, 0.2) is 30.5 Å². The molecule has 1 aromatic rings. The predicted octanol–water partition coefficient (Wildman–Crippen LogP) is 4.70. The van der Waals surface area contributed by atoms with Gasteiger partial charge in [-0.1, -0.05) is 38.0 Å². The van der Waals surface area contributed by atoms with E-state index < -0.39 is 18.0 Å². The molecular weight excluding hydrogens is 436 g/mol. The second-order valence-electron chi connectivity index (χ2n) is 10.7. The first-order chi connectivity index (χ1) is 16.3. The van der Waals surface area contributed by atoms with Crippen LogP contribution in [0.1, 0.15) is 85.7 Å². The summed E-state index contributed by atoms with van der Waals surface area (Å²) >= 11 is 0. The van der Waals surface area contributed by atoms with Gasteiger partial charge < -0.3 is 15.5 Å². The van der Waals surface area contributed by atoms with Gasteiger partial charge in [-0.3, -0.25) is 9.59 Å². The Morgan fingerprint density at radius 3 is 2.68 bits per heavy atom. The van der Waals surface area contributed by atoms with Crippen molar-refractivity contribution in [2.24, 2.45) is 5.92 Å². The van der Waals surface area contributed by atoms with E-state index in [0.29, 0.717) is 49.4 Å². The van der Waals surface area contributed by atoms with E-state index in [1.807, 2.05) is 12.1 Å². The van der Waals surface area contributed by atoms with Crippen LogP contribution in [0.25, 0.3) is 0 Å². The minimum atomic E-state index is -2.62. The number of nitrogens with zero attached hydrogens (tertiary/aromatic N) is 1. The number of hydrogen-bond acceptors (Lipinski definition) is 3. The van der Waals surface area contributed by atoms with E-state index in [0.717, 1.165) is 49.7 Å². The molecule has 7 heteroatoms. The standard InChI is InChI=1S/C27H35F2N3O2/c1-17-9-12-23(25(33)30-17)32-16-20-15-18(10-11-21(20)26(32)34)14-19-6-2-3-7-22(19)31-24-8-4-5-13-27(24,28)29/h10-11,15,19,22-24,31H,1-9,12-14,16H2,(H,30,33)/t19-,22+,23?,24?/m1/s1. The fourth-order valence-corrected chi connectivity index (χ4v) is 6.37. The molecule has 3 fully saturated rings. The maximum atomic E-state index is 14.5. The number of benzene rings is 1. The summed E-state index contributed by atoms with van der Waals surface area (Å²) in [7, 11) is 0. The number of carbonyl (C=O) groups is 2. The van der Waals surface area contributed by atoms with Crippen molar-refractivity contribution in [3.8, 4) is 0 Å². The molecule has 34 heavy (non-hydrogen) atoms. The predicted molar refractivity (Wildman–Crippen MR) is 126 cm³/mol. The van der Waals surface area contributed by atoms with E-state index in [1.54, 1.807) is 4.90 Å². The summed E-state index contributed by atoms with van der Waals surface area (Å²) in [6.07, 6.45) is 8.30. The van der Waals surface area contributed by atoms with E-state index >= 15 is 0 Å². The maximum absolute atomic E-state index is 14.5. The molecule has 2 unspecified atom stereocenters. The van der Waals surface area contributed by atoms with Gasteiger partial charge in [0.15, 0.2) is 0 Å². The number of allylic oxidation sites excluding steroid dienone is 1. The molecule has 5 nitrogen and oxygen atoms in total. The van der Waals surface area contributed by atoms with Crippen LogP contribution in [0.4, 0.5) is 8.78 Å². The molecule has 1 aromatic carbocycles. The summed E-state index contributed by atoms with van der Waals surface area (Å²) in [5.74, 6) is -2.55. The second kappa shape index (κ2) is 9.40. The first kappa shape index (κ1) is 23.5. The third kappa shape index (κ3) is 4.64. The molecular formula is C27H35F2N3O2. The Morgan fingerprint density at radius 1 is 1.09 bits per heavy atom. The number of hydrogen-bond donors (Lipinski definition) is 2.